The molecule has 0 aliphatic rings. The van der Waals surface area contributed by atoms with Gasteiger partial charge in [-0.05, 0) is 31.5 Å². The van der Waals surface area contributed by atoms with Crippen LogP contribution in [0.25, 0.3) is 16.6 Å². The number of aromatic nitrogens is 2. The molecule has 0 unspecified atom stereocenters. The summed E-state index contributed by atoms with van der Waals surface area (Å²) in [4.78, 5) is 12.9. The van der Waals surface area contributed by atoms with E-state index in [4.69, 9.17) is 10.5 Å². The minimum atomic E-state index is -4.76. The van der Waals surface area contributed by atoms with Crippen LogP contribution in [-0.2, 0) is 13.2 Å². The van der Waals surface area contributed by atoms with E-state index in [9.17, 15) is 23.2 Å². The van der Waals surface area contributed by atoms with Crippen LogP contribution in [0.15, 0.2) is 23.0 Å². The fraction of sp³-hybridized carbons (Fsp3) is 0.263. The highest BCUT2D eigenvalue weighted by Gasteiger charge is 2.36. The molecule has 3 rings (SSSR count). The second-order valence-electron chi connectivity index (χ2n) is 6.42. The van der Waals surface area contributed by atoms with Gasteiger partial charge < -0.3 is 15.0 Å². The number of anilines is 1. The number of pyridine rings is 1. The summed E-state index contributed by atoms with van der Waals surface area (Å²) in [5.74, 6) is 0.414. The fourth-order valence-electron chi connectivity index (χ4n) is 3.47. The number of hydrogen-bond acceptors (Lipinski definition) is 4. The minimum absolute atomic E-state index is 0.0935. The maximum atomic E-state index is 13.4. The zero-order valence-electron chi connectivity index (χ0n) is 15.6. The van der Waals surface area contributed by atoms with Crippen molar-refractivity contribution in [3.8, 4) is 17.5 Å². The van der Waals surface area contributed by atoms with Gasteiger partial charge in [-0.15, -0.1) is 0 Å². The lowest BCUT2D eigenvalue weighted by Crippen LogP contribution is -2.26. The summed E-state index contributed by atoms with van der Waals surface area (Å²) in [5.41, 5.74) is 5.64. The van der Waals surface area contributed by atoms with Crippen LogP contribution in [0, 0.1) is 25.2 Å². The molecule has 2 N–H and O–H groups in total. The standard InChI is InChI=1S/C19H17F3N4O2/c1-9-5-6-13(28-4)10(2)15(9)26-16-11(12(8-23)17(26)24)7-14(19(20,21)22)25(3)18(16)27/h5-7H,24H2,1-4H3. The lowest BCUT2D eigenvalue weighted by molar-refractivity contribution is -0.143. The van der Waals surface area contributed by atoms with E-state index in [0.29, 0.717) is 27.1 Å². The number of halogens is 3. The van der Waals surface area contributed by atoms with E-state index in [2.05, 4.69) is 0 Å². The number of benzene rings is 1. The zero-order chi connectivity index (χ0) is 21.0. The Bertz CT molecular complexity index is 1210. The predicted octanol–water partition coefficient (Wildman–Crippen LogP) is 3.43. The Kier molecular flexibility index (Phi) is 4.38. The van der Waals surface area contributed by atoms with Gasteiger partial charge in [-0.1, -0.05) is 6.07 Å². The largest absolute Gasteiger partial charge is 0.496 e. The highest BCUT2D eigenvalue weighted by molar-refractivity contribution is 5.94. The van der Waals surface area contributed by atoms with Crippen molar-refractivity contribution in [1.29, 1.82) is 5.26 Å². The van der Waals surface area contributed by atoms with Crippen molar-refractivity contribution in [1.82, 2.24) is 9.13 Å². The molecule has 9 heteroatoms. The van der Waals surface area contributed by atoms with Crippen LogP contribution in [0.4, 0.5) is 19.0 Å². The van der Waals surface area contributed by atoms with Crippen molar-refractivity contribution in [2.45, 2.75) is 20.0 Å². The molecular formula is C19H17F3N4O2. The molecule has 1 aromatic carbocycles. The van der Waals surface area contributed by atoms with Gasteiger partial charge in [0.2, 0.25) is 0 Å². The molecule has 0 spiro atoms. The first-order valence-corrected chi connectivity index (χ1v) is 8.20. The topological polar surface area (TPSA) is 86.0 Å². The molecule has 146 valence electrons. The summed E-state index contributed by atoms with van der Waals surface area (Å²) in [6.07, 6.45) is -4.76. The molecule has 28 heavy (non-hydrogen) atoms. The Hall–Kier alpha value is -3.41. The number of ether oxygens (including phenoxy) is 1. The molecule has 2 aromatic heterocycles. The van der Waals surface area contributed by atoms with Gasteiger partial charge in [0.15, 0.2) is 0 Å². The SMILES string of the molecule is COc1ccc(C)c(-n2c(N)c(C#N)c3cc(C(F)(F)F)n(C)c(=O)c32)c1C. The van der Waals surface area contributed by atoms with E-state index in [1.54, 1.807) is 26.0 Å². The van der Waals surface area contributed by atoms with Crippen LogP contribution < -0.4 is 16.0 Å². The van der Waals surface area contributed by atoms with Crippen molar-refractivity contribution in [2.24, 2.45) is 7.05 Å². The van der Waals surface area contributed by atoms with Crippen LogP contribution in [0.3, 0.4) is 0 Å². The molecule has 0 aliphatic heterocycles. The number of hydrogen-bond donors (Lipinski definition) is 1. The van der Waals surface area contributed by atoms with Crippen LogP contribution in [0.5, 0.6) is 5.75 Å². The Balaban J connectivity index is 2.59. The average molecular weight is 390 g/mol. The summed E-state index contributed by atoms with van der Waals surface area (Å²) >= 11 is 0. The number of fused-ring (bicyclic) bond motifs is 1. The van der Waals surface area contributed by atoms with Crippen molar-refractivity contribution >= 4 is 16.7 Å². The smallest absolute Gasteiger partial charge is 0.431 e. The van der Waals surface area contributed by atoms with Crippen LogP contribution >= 0.6 is 0 Å². The molecule has 2 heterocycles. The number of nitrogens with zero attached hydrogens (tertiary/aromatic N) is 3. The van der Waals surface area contributed by atoms with Crippen molar-refractivity contribution in [2.75, 3.05) is 12.8 Å². The predicted molar refractivity (Wildman–Crippen MR) is 98.7 cm³/mol. The van der Waals surface area contributed by atoms with Crippen LogP contribution in [0.1, 0.15) is 22.4 Å². The molecule has 3 aromatic rings. The fourth-order valence-corrected chi connectivity index (χ4v) is 3.47. The Morgan fingerprint density at radius 1 is 1.25 bits per heavy atom. The van der Waals surface area contributed by atoms with Gasteiger partial charge in [0, 0.05) is 18.0 Å². The number of nitriles is 1. The zero-order valence-corrected chi connectivity index (χ0v) is 15.6. The third-order valence-corrected chi connectivity index (χ3v) is 4.82. The van der Waals surface area contributed by atoms with Crippen LogP contribution in [0.2, 0.25) is 0 Å². The number of nitrogens with two attached hydrogens (primary N) is 1. The summed E-state index contributed by atoms with van der Waals surface area (Å²) in [6, 6.07) is 6.09. The Labute approximate surface area is 158 Å². The highest BCUT2D eigenvalue weighted by atomic mass is 19.4. The van der Waals surface area contributed by atoms with Gasteiger partial charge in [-0.25, -0.2) is 0 Å². The Morgan fingerprint density at radius 3 is 2.43 bits per heavy atom. The normalized spacial score (nSPS) is 11.6. The van der Waals surface area contributed by atoms with Gasteiger partial charge in [0.1, 0.15) is 34.4 Å². The maximum Gasteiger partial charge on any atom is 0.431 e. The van der Waals surface area contributed by atoms with Gasteiger partial charge >= 0.3 is 6.18 Å². The molecule has 0 aliphatic carbocycles. The lowest BCUT2D eigenvalue weighted by Gasteiger charge is -2.17. The monoisotopic (exact) mass is 390 g/mol. The molecule has 0 saturated carbocycles. The van der Waals surface area contributed by atoms with E-state index < -0.39 is 17.4 Å². The molecule has 0 radical (unpaired) electrons. The van der Waals surface area contributed by atoms with Crippen molar-refractivity contribution in [3.05, 3.63) is 50.9 Å². The quantitative estimate of drug-likeness (QED) is 0.726. The molecular weight excluding hydrogens is 373 g/mol. The summed E-state index contributed by atoms with van der Waals surface area (Å²) in [6.45, 7) is 3.51. The second kappa shape index (κ2) is 6.34. The van der Waals surface area contributed by atoms with Gasteiger partial charge in [-0.3, -0.25) is 9.36 Å². The van der Waals surface area contributed by atoms with Crippen molar-refractivity contribution in [3.63, 3.8) is 0 Å². The second-order valence-corrected chi connectivity index (χ2v) is 6.42. The van der Waals surface area contributed by atoms with E-state index >= 15 is 0 Å². The molecule has 0 fully saturated rings. The molecule has 0 saturated heterocycles. The number of methoxy groups -OCH3 is 1. The van der Waals surface area contributed by atoms with Gasteiger partial charge in [-0.2, -0.15) is 18.4 Å². The van der Waals surface area contributed by atoms with E-state index in [1.165, 1.54) is 11.7 Å². The Morgan fingerprint density at radius 2 is 1.89 bits per heavy atom. The number of aryl methyl sites for hydroxylation is 1. The first-order valence-electron chi connectivity index (χ1n) is 8.20. The van der Waals surface area contributed by atoms with E-state index in [0.717, 1.165) is 13.1 Å². The molecule has 0 atom stereocenters. The first kappa shape index (κ1) is 19.4. The summed E-state index contributed by atoms with van der Waals surface area (Å²) in [5, 5.41) is 9.37. The molecule has 6 nitrogen and oxygen atoms in total. The maximum absolute atomic E-state index is 13.4. The number of rotatable bonds is 2. The highest BCUT2D eigenvalue weighted by Crippen LogP contribution is 2.37. The lowest BCUT2D eigenvalue weighted by atomic mass is 10.1. The molecule has 0 amide bonds. The third kappa shape index (κ3) is 2.60. The number of alkyl halides is 3. The van der Waals surface area contributed by atoms with Crippen molar-refractivity contribution < 1.29 is 17.9 Å². The third-order valence-electron chi connectivity index (χ3n) is 4.82. The van der Waals surface area contributed by atoms with Crippen LogP contribution in [-0.4, -0.2) is 16.2 Å². The summed E-state index contributed by atoms with van der Waals surface area (Å²) in [7, 11) is 2.52. The van der Waals surface area contributed by atoms with Gasteiger partial charge in [0.25, 0.3) is 5.56 Å². The van der Waals surface area contributed by atoms with E-state index in [-0.39, 0.29) is 22.3 Å². The minimum Gasteiger partial charge on any atom is -0.496 e. The average Bonchev–Trinajstić information content (AvgIpc) is 2.89. The van der Waals surface area contributed by atoms with Gasteiger partial charge in [0.05, 0.1) is 12.8 Å². The summed E-state index contributed by atoms with van der Waals surface area (Å²) < 4.78 is 47.2. The molecule has 0 bridgehead atoms. The first-order chi connectivity index (χ1) is 13.0. The van der Waals surface area contributed by atoms with E-state index in [1.807, 2.05) is 6.07 Å². The number of nitrogen functional groups attached to an aromatic ring is 1.